The molecule has 0 saturated carbocycles. The summed E-state index contributed by atoms with van der Waals surface area (Å²) in [6.45, 7) is 2.19. The molecular formula is C10H14N2S2. The van der Waals surface area contributed by atoms with E-state index in [1.54, 1.807) is 11.8 Å². The second-order valence-electron chi connectivity index (χ2n) is 3.06. The van der Waals surface area contributed by atoms with Crippen LogP contribution in [0, 0.1) is 11.3 Å². The van der Waals surface area contributed by atoms with Gasteiger partial charge >= 0.3 is 0 Å². The maximum Gasteiger partial charge on any atom is 0.128 e. The van der Waals surface area contributed by atoms with Gasteiger partial charge in [-0.1, -0.05) is 19.8 Å². The number of nitrogens with zero attached hydrogens (tertiary/aromatic N) is 2. The van der Waals surface area contributed by atoms with E-state index < -0.39 is 0 Å². The van der Waals surface area contributed by atoms with Gasteiger partial charge in [-0.05, 0) is 30.6 Å². The van der Waals surface area contributed by atoms with Crippen molar-refractivity contribution >= 4 is 23.3 Å². The third-order valence-corrected chi connectivity index (χ3v) is 3.74. The van der Waals surface area contributed by atoms with E-state index in [1.165, 1.54) is 30.8 Å². The summed E-state index contributed by atoms with van der Waals surface area (Å²) in [5.41, 5.74) is 0.804. The molecule has 1 aromatic heterocycles. The Hall–Kier alpha value is -0.530. The standard InChI is InChI=1S/C10H14N2S2/c1-3-4-5-6-9-8(7-11)10(13-2)12-14-9/h3-6H2,1-2H3. The molecule has 0 aliphatic heterocycles. The number of aromatic nitrogens is 1. The van der Waals surface area contributed by atoms with Gasteiger partial charge in [0.25, 0.3) is 0 Å². The normalized spacial score (nSPS) is 10.1. The first-order valence-corrected chi connectivity index (χ1v) is 6.76. The molecule has 0 atom stereocenters. The Kier molecular flexibility index (Phi) is 4.99. The molecule has 1 heterocycles. The average molecular weight is 226 g/mol. The van der Waals surface area contributed by atoms with E-state index in [4.69, 9.17) is 5.26 Å². The summed E-state index contributed by atoms with van der Waals surface area (Å²) in [5.74, 6) is 0. The van der Waals surface area contributed by atoms with Gasteiger partial charge in [-0.2, -0.15) is 9.64 Å². The van der Waals surface area contributed by atoms with Crippen molar-refractivity contribution < 1.29 is 0 Å². The van der Waals surface area contributed by atoms with E-state index in [-0.39, 0.29) is 0 Å². The zero-order valence-electron chi connectivity index (χ0n) is 8.54. The maximum atomic E-state index is 8.98. The minimum Gasteiger partial charge on any atom is -0.192 e. The molecule has 0 bridgehead atoms. The van der Waals surface area contributed by atoms with Crippen molar-refractivity contribution in [2.75, 3.05) is 6.26 Å². The summed E-state index contributed by atoms with van der Waals surface area (Å²) in [4.78, 5) is 1.16. The highest BCUT2D eigenvalue weighted by atomic mass is 32.2. The number of hydrogen-bond acceptors (Lipinski definition) is 4. The van der Waals surface area contributed by atoms with E-state index >= 15 is 0 Å². The molecule has 0 aliphatic carbocycles. The molecule has 0 unspecified atom stereocenters. The van der Waals surface area contributed by atoms with Crippen molar-refractivity contribution in [1.29, 1.82) is 5.26 Å². The first-order valence-electron chi connectivity index (χ1n) is 4.76. The zero-order valence-corrected chi connectivity index (χ0v) is 10.2. The first kappa shape index (κ1) is 11.5. The van der Waals surface area contributed by atoms with Crippen LogP contribution >= 0.6 is 23.3 Å². The third kappa shape index (κ3) is 2.73. The van der Waals surface area contributed by atoms with E-state index in [1.807, 2.05) is 6.26 Å². The van der Waals surface area contributed by atoms with Crippen LogP contribution in [0.25, 0.3) is 0 Å². The van der Waals surface area contributed by atoms with Crippen molar-refractivity contribution in [2.24, 2.45) is 0 Å². The summed E-state index contributed by atoms with van der Waals surface area (Å²) in [6, 6.07) is 2.25. The fourth-order valence-corrected chi connectivity index (χ4v) is 2.86. The lowest BCUT2D eigenvalue weighted by molar-refractivity contribution is 0.721. The van der Waals surface area contributed by atoms with Gasteiger partial charge in [0, 0.05) is 4.88 Å². The Labute approximate surface area is 93.5 Å². The van der Waals surface area contributed by atoms with Gasteiger partial charge in [-0.15, -0.1) is 11.8 Å². The fraction of sp³-hybridized carbons (Fsp3) is 0.600. The molecule has 0 spiro atoms. The van der Waals surface area contributed by atoms with Gasteiger partial charge in [0.2, 0.25) is 0 Å². The SMILES string of the molecule is CCCCCc1snc(SC)c1C#N. The Morgan fingerprint density at radius 3 is 2.86 bits per heavy atom. The van der Waals surface area contributed by atoms with Crippen LogP contribution in [0.15, 0.2) is 5.03 Å². The van der Waals surface area contributed by atoms with Crippen molar-refractivity contribution in [1.82, 2.24) is 4.37 Å². The Morgan fingerprint density at radius 2 is 2.29 bits per heavy atom. The third-order valence-electron chi connectivity index (χ3n) is 2.04. The summed E-state index contributed by atoms with van der Waals surface area (Å²) in [7, 11) is 0. The van der Waals surface area contributed by atoms with Crippen LogP contribution in [-0.4, -0.2) is 10.6 Å². The maximum absolute atomic E-state index is 8.98. The molecule has 1 aromatic rings. The highest BCUT2D eigenvalue weighted by Crippen LogP contribution is 2.26. The minimum atomic E-state index is 0.804. The summed E-state index contributed by atoms with van der Waals surface area (Å²) in [5, 5.41) is 9.87. The van der Waals surface area contributed by atoms with Crippen LogP contribution < -0.4 is 0 Å². The topological polar surface area (TPSA) is 36.7 Å². The predicted octanol–water partition coefficient (Wildman–Crippen LogP) is 3.47. The van der Waals surface area contributed by atoms with E-state index in [0.717, 1.165) is 21.9 Å². The van der Waals surface area contributed by atoms with Gasteiger partial charge in [-0.3, -0.25) is 0 Å². The minimum absolute atomic E-state index is 0.804. The lowest BCUT2D eigenvalue weighted by atomic mass is 10.1. The smallest absolute Gasteiger partial charge is 0.128 e. The van der Waals surface area contributed by atoms with Crippen LogP contribution in [0.3, 0.4) is 0 Å². The van der Waals surface area contributed by atoms with Gasteiger partial charge in [0.15, 0.2) is 0 Å². The molecule has 0 aliphatic rings. The van der Waals surface area contributed by atoms with Crippen molar-refractivity contribution in [3.63, 3.8) is 0 Å². The lowest BCUT2D eigenvalue weighted by Gasteiger charge is -1.96. The predicted molar refractivity (Wildman–Crippen MR) is 61.8 cm³/mol. The molecule has 0 amide bonds. The Morgan fingerprint density at radius 1 is 1.50 bits per heavy atom. The molecule has 76 valence electrons. The highest BCUT2D eigenvalue weighted by Gasteiger charge is 2.11. The first-order chi connectivity index (χ1) is 6.83. The highest BCUT2D eigenvalue weighted by molar-refractivity contribution is 7.98. The molecular weight excluding hydrogens is 212 g/mol. The van der Waals surface area contributed by atoms with Gasteiger partial charge < -0.3 is 0 Å². The lowest BCUT2D eigenvalue weighted by Crippen LogP contribution is -1.85. The number of nitriles is 1. The van der Waals surface area contributed by atoms with Gasteiger partial charge in [-0.25, -0.2) is 0 Å². The number of thioether (sulfide) groups is 1. The summed E-state index contributed by atoms with van der Waals surface area (Å²) >= 11 is 3.04. The summed E-state index contributed by atoms with van der Waals surface area (Å²) in [6.07, 6.45) is 6.59. The van der Waals surface area contributed by atoms with Crippen LogP contribution in [0.2, 0.25) is 0 Å². The second-order valence-corrected chi connectivity index (χ2v) is 4.71. The average Bonchev–Trinajstić information content (AvgIpc) is 2.60. The molecule has 1 rings (SSSR count). The largest absolute Gasteiger partial charge is 0.192 e. The second kappa shape index (κ2) is 6.05. The number of unbranched alkanes of at least 4 members (excludes halogenated alkanes) is 2. The molecule has 0 saturated heterocycles. The quantitative estimate of drug-likeness (QED) is 0.570. The Balaban J connectivity index is 2.68. The molecule has 2 nitrogen and oxygen atoms in total. The van der Waals surface area contributed by atoms with Crippen molar-refractivity contribution in [3.05, 3.63) is 10.4 Å². The molecule has 0 radical (unpaired) electrons. The van der Waals surface area contributed by atoms with E-state index in [9.17, 15) is 0 Å². The summed E-state index contributed by atoms with van der Waals surface area (Å²) < 4.78 is 4.27. The van der Waals surface area contributed by atoms with Crippen LogP contribution in [-0.2, 0) is 6.42 Å². The zero-order chi connectivity index (χ0) is 10.4. The van der Waals surface area contributed by atoms with Crippen molar-refractivity contribution in [3.8, 4) is 6.07 Å². The molecule has 14 heavy (non-hydrogen) atoms. The number of aryl methyl sites for hydroxylation is 1. The molecule has 0 N–H and O–H groups in total. The molecule has 0 aromatic carbocycles. The van der Waals surface area contributed by atoms with Gasteiger partial charge in [0.1, 0.15) is 11.1 Å². The van der Waals surface area contributed by atoms with E-state index in [0.29, 0.717) is 0 Å². The van der Waals surface area contributed by atoms with Crippen molar-refractivity contribution in [2.45, 2.75) is 37.6 Å². The van der Waals surface area contributed by atoms with Gasteiger partial charge in [0.05, 0.1) is 5.56 Å². The molecule has 0 fully saturated rings. The molecule has 4 heteroatoms. The monoisotopic (exact) mass is 226 g/mol. The number of rotatable bonds is 5. The van der Waals surface area contributed by atoms with Crippen LogP contribution in [0.5, 0.6) is 0 Å². The number of hydrogen-bond donors (Lipinski definition) is 0. The van der Waals surface area contributed by atoms with E-state index in [2.05, 4.69) is 17.4 Å². The van der Waals surface area contributed by atoms with Crippen LogP contribution in [0.4, 0.5) is 0 Å². The van der Waals surface area contributed by atoms with Crippen LogP contribution in [0.1, 0.15) is 36.6 Å². The fourth-order valence-electron chi connectivity index (χ4n) is 1.26. The Bertz CT molecular complexity index is 325.